The Morgan fingerprint density at radius 2 is 2.14 bits per heavy atom. The third-order valence-electron chi connectivity index (χ3n) is 2.96. The standard InChI is InChI=1S/C13H12BrFN6O/c1-2-22-13-19-10(16)9-11(20-13)21(12(14)18-9)6-7-3-4-8(15)17-5-7/h3-5H,2,6H2,1H3,(H2,16,19,20). The van der Waals surface area contributed by atoms with E-state index < -0.39 is 5.95 Å². The minimum atomic E-state index is -0.525. The molecule has 0 radical (unpaired) electrons. The van der Waals surface area contributed by atoms with Crippen LogP contribution in [0.5, 0.6) is 6.01 Å². The topological polar surface area (TPSA) is 91.7 Å². The van der Waals surface area contributed by atoms with Crippen LogP contribution in [0.2, 0.25) is 0 Å². The Morgan fingerprint density at radius 3 is 2.82 bits per heavy atom. The normalized spacial score (nSPS) is 11.0. The number of hydrogen-bond donors (Lipinski definition) is 1. The van der Waals surface area contributed by atoms with Gasteiger partial charge in [0.05, 0.1) is 13.2 Å². The van der Waals surface area contributed by atoms with Gasteiger partial charge in [0.2, 0.25) is 5.95 Å². The molecule has 0 saturated heterocycles. The first-order valence-electron chi connectivity index (χ1n) is 6.51. The summed E-state index contributed by atoms with van der Waals surface area (Å²) in [6.07, 6.45) is 1.46. The second-order valence-corrected chi connectivity index (χ2v) is 5.16. The third-order valence-corrected chi connectivity index (χ3v) is 3.56. The Bertz CT molecular complexity index is 820. The third kappa shape index (κ3) is 2.71. The van der Waals surface area contributed by atoms with Gasteiger partial charge >= 0.3 is 6.01 Å². The van der Waals surface area contributed by atoms with E-state index >= 15 is 0 Å². The first-order valence-corrected chi connectivity index (χ1v) is 7.30. The highest BCUT2D eigenvalue weighted by atomic mass is 79.9. The number of pyridine rings is 1. The first kappa shape index (κ1) is 14.6. The van der Waals surface area contributed by atoms with Crippen LogP contribution in [-0.2, 0) is 6.54 Å². The van der Waals surface area contributed by atoms with E-state index in [2.05, 4.69) is 35.9 Å². The number of ether oxygens (including phenoxy) is 1. The molecular weight excluding hydrogens is 355 g/mol. The Hall–Kier alpha value is -2.29. The predicted octanol–water partition coefficient (Wildman–Crippen LogP) is 2.15. The van der Waals surface area contributed by atoms with Crippen molar-refractivity contribution in [2.75, 3.05) is 12.3 Å². The van der Waals surface area contributed by atoms with Crippen LogP contribution < -0.4 is 10.5 Å². The van der Waals surface area contributed by atoms with Crippen molar-refractivity contribution in [3.8, 4) is 6.01 Å². The number of hydrogen-bond acceptors (Lipinski definition) is 6. The molecule has 0 bridgehead atoms. The molecule has 22 heavy (non-hydrogen) atoms. The summed E-state index contributed by atoms with van der Waals surface area (Å²) in [7, 11) is 0. The molecular formula is C13H12BrFN6O. The van der Waals surface area contributed by atoms with Crippen LogP contribution in [0.3, 0.4) is 0 Å². The molecule has 3 aromatic rings. The second kappa shape index (κ2) is 5.84. The highest BCUT2D eigenvalue weighted by Gasteiger charge is 2.16. The molecule has 3 aromatic heterocycles. The molecule has 0 aromatic carbocycles. The largest absolute Gasteiger partial charge is 0.464 e. The maximum atomic E-state index is 12.9. The van der Waals surface area contributed by atoms with E-state index in [0.29, 0.717) is 29.0 Å². The summed E-state index contributed by atoms with van der Waals surface area (Å²) in [5.74, 6) is -0.284. The smallest absolute Gasteiger partial charge is 0.320 e. The summed E-state index contributed by atoms with van der Waals surface area (Å²) in [6, 6.07) is 3.14. The Labute approximate surface area is 133 Å². The molecule has 3 rings (SSSR count). The van der Waals surface area contributed by atoms with E-state index in [1.54, 1.807) is 10.6 Å². The molecule has 7 nitrogen and oxygen atoms in total. The Kier molecular flexibility index (Phi) is 3.88. The zero-order chi connectivity index (χ0) is 15.7. The number of halogens is 2. The van der Waals surface area contributed by atoms with Crippen molar-refractivity contribution >= 4 is 32.9 Å². The summed E-state index contributed by atoms with van der Waals surface area (Å²) >= 11 is 3.37. The van der Waals surface area contributed by atoms with Crippen molar-refractivity contribution in [3.05, 3.63) is 34.6 Å². The first-order chi connectivity index (χ1) is 10.6. The zero-order valence-electron chi connectivity index (χ0n) is 11.6. The van der Waals surface area contributed by atoms with Gasteiger partial charge in [-0.25, -0.2) is 9.97 Å². The number of aromatic nitrogens is 5. The van der Waals surface area contributed by atoms with E-state index in [9.17, 15) is 4.39 Å². The summed E-state index contributed by atoms with van der Waals surface area (Å²) in [5.41, 5.74) is 7.71. The van der Waals surface area contributed by atoms with Crippen molar-refractivity contribution in [2.45, 2.75) is 13.5 Å². The van der Waals surface area contributed by atoms with Gasteiger partial charge in [-0.05, 0) is 34.5 Å². The van der Waals surface area contributed by atoms with Crippen molar-refractivity contribution < 1.29 is 9.13 Å². The van der Waals surface area contributed by atoms with Gasteiger partial charge in [0.15, 0.2) is 21.7 Å². The molecule has 0 aliphatic carbocycles. The Morgan fingerprint density at radius 1 is 1.32 bits per heavy atom. The fourth-order valence-electron chi connectivity index (χ4n) is 1.99. The van der Waals surface area contributed by atoms with Gasteiger partial charge in [0.25, 0.3) is 0 Å². The average molecular weight is 367 g/mol. The highest BCUT2D eigenvalue weighted by Crippen LogP contribution is 2.25. The van der Waals surface area contributed by atoms with Crippen LogP contribution in [-0.4, -0.2) is 31.1 Å². The molecule has 9 heteroatoms. The molecule has 0 spiro atoms. The molecule has 0 amide bonds. The summed E-state index contributed by atoms with van der Waals surface area (Å²) in [5, 5.41) is 0. The maximum absolute atomic E-state index is 12.9. The van der Waals surface area contributed by atoms with Crippen molar-refractivity contribution in [1.82, 2.24) is 24.5 Å². The summed E-state index contributed by atoms with van der Waals surface area (Å²) < 4.78 is 20.5. The number of fused-ring (bicyclic) bond motifs is 1. The maximum Gasteiger partial charge on any atom is 0.320 e. The number of nitrogens with two attached hydrogens (primary N) is 1. The van der Waals surface area contributed by atoms with Gasteiger partial charge in [-0.2, -0.15) is 14.4 Å². The number of anilines is 1. The molecule has 0 saturated carbocycles. The quantitative estimate of drug-likeness (QED) is 0.561. The number of rotatable bonds is 4. The lowest BCUT2D eigenvalue weighted by Crippen LogP contribution is -2.05. The lowest BCUT2D eigenvalue weighted by molar-refractivity contribution is 0.314. The zero-order valence-corrected chi connectivity index (χ0v) is 13.2. The van der Waals surface area contributed by atoms with E-state index in [4.69, 9.17) is 10.5 Å². The van der Waals surface area contributed by atoms with Crippen LogP contribution in [0.25, 0.3) is 11.2 Å². The molecule has 0 fully saturated rings. The van der Waals surface area contributed by atoms with Crippen LogP contribution >= 0.6 is 15.9 Å². The molecule has 0 aliphatic heterocycles. The van der Waals surface area contributed by atoms with Crippen molar-refractivity contribution in [3.63, 3.8) is 0 Å². The van der Waals surface area contributed by atoms with E-state index in [1.165, 1.54) is 12.3 Å². The molecule has 114 valence electrons. The van der Waals surface area contributed by atoms with Gasteiger partial charge in [-0.15, -0.1) is 0 Å². The van der Waals surface area contributed by atoms with Crippen LogP contribution in [0.1, 0.15) is 12.5 Å². The van der Waals surface area contributed by atoms with E-state index in [1.807, 2.05) is 6.92 Å². The van der Waals surface area contributed by atoms with Gasteiger partial charge in [0.1, 0.15) is 0 Å². The monoisotopic (exact) mass is 366 g/mol. The minimum absolute atomic E-state index is 0.193. The van der Waals surface area contributed by atoms with Gasteiger partial charge in [-0.3, -0.25) is 4.57 Å². The van der Waals surface area contributed by atoms with E-state index in [-0.39, 0.29) is 11.8 Å². The molecule has 2 N–H and O–H groups in total. The second-order valence-electron chi connectivity index (χ2n) is 4.45. The van der Waals surface area contributed by atoms with E-state index in [0.717, 1.165) is 5.56 Å². The number of imidazole rings is 1. The Balaban J connectivity index is 2.07. The molecule has 3 heterocycles. The molecule has 0 atom stereocenters. The fourth-order valence-corrected chi connectivity index (χ4v) is 2.46. The van der Waals surface area contributed by atoms with Crippen molar-refractivity contribution in [2.24, 2.45) is 0 Å². The SMILES string of the molecule is CCOc1nc(N)c2nc(Br)n(Cc3ccc(F)nc3)c2n1. The van der Waals surface area contributed by atoms with Gasteiger partial charge in [0, 0.05) is 6.20 Å². The van der Waals surface area contributed by atoms with Crippen LogP contribution in [0.15, 0.2) is 23.1 Å². The molecule has 0 aliphatic rings. The summed E-state index contributed by atoms with van der Waals surface area (Å²) in [4.78, 5) is 16.3. The predicted molar refractivity (Wildman–Crippen MR) is 81.9 cm³/mol. The lowest BCUT2D eigenvalue weighted by Gasteiger charge is -2.07. The minimum Gasteiger partial charge on any atom is -0.464 e. The average Bonchev–Trinajstić information content (AvgIpc) is 2.79. The summed E-state index contributed by atoms with van der Waals surface area (Å²) in [6.45, 7) is 2.68. The number of nitrogens with zero attached hydrogens (tertiary/aromatic N) is 5. The van der Waals surface area contributed by atoms with Gasteiger partial charge in [-0.1, -0.05) is 6.07 Å². The van der Waals surface area contributed by atoms with Crippen LogP contribution in [0, 0.1) is 5.95 Å². The van der Waals surface area contributed by atoms with Gasteiger partial charge < -0.3 is 10.5 Å². The number of nitrogen functional groups attached to an aromatic ring is 1. The fraction of sp³-hybridized carbons (Fsp3) is 0.231. The molecule has 0 unspecified atom stereocenters. The highest BCUT2D eigenvalue weighted by molar-refractivity contribution is 9.10. The van der Waals surface area contributed by atoms with Crippen molar-refractivity contribution in [1.29, 1.82) is 0 Å². The van der Waals surface area contributed by atoms with Crippen LogP contribution in [0.4, 0.5) is 10.2 Å². The lowest BCUT2D eigenvalue weighted by atomic mass is 10.3.